The van der Waals surface area contributed by atoms with Gasteiger partial charge in [-0.05, 0) is 31.0 Å². The summed E-state index contributed by atoms with van der Waals surface area (Å²) in [5.74, 6) is 2.59. The van der Waals surface area contributed by atoms with E-state index < -0.39 is 5.60 Å². The molecular weight excluding hydrogens is 198 g/mol. The molecule has 0 aliphatic rings. The number of anilines is 1. The van der Waals surface area contributed by atoms with E-state index in [0.29, 0.717) is 6.54 Å². The number of aliphatic hydroxyl groups is 1. The minimum absolute atomic E-state index is 0.550. The average Bonchev–Trinajstić information content (AvgIpc) is 2.36. The Balaban J connectivity index is 2.64. The van der Waals surface area contributed by atoms with Crippen molar-refractivity contribution in [2.75, 3.05) is 11.9 Å². The van der Waals surface area contributed by atoms with Crippen molar-refractivity contribution in [3.63, 3.8) is 0 Å². The van der Waals surface area contributed by atoms with Crippen LogP contribution in [0, 0.1) is 12.3 Å². The van der Waals surface area contributed by atoms with Gasteiger partial charge in [-0.15, -0.1) is 6.42 Å². The molecule has 0 aliphatic heterocycles. The highest BCUT2D eigenvalue weighted by atomic mass is 16.3. The molecule has 0 amide bonds. The van der Waals surface area contributed by atoms with E-state index in [4.69, 9.17) is 6.42 Å². The van der Waals surface area contributed by atoms with Gasteiger partial charge in [-0.25, -0.2) is 0 Å². The van der Waals surface area contributed by atoms with E-state index in [9.17, 15) is 5.11 Å². The molecule has 1 rings (SSSR count). The quantitative estimate of drug-likeness (QED) is 0.743. The zero-order valence-corrected chi connectivity index (χ0v) is 9.96. The van der Waals surface area contributed by atoms with Crippen LogP contribution < -0.4 is 5.32 Å². The number of benzene rings is 1. The smallest absolute Gasteiger partial charge is 0.0814 e. The van der Waals surface area contributed by atoms with Gasteiger partial charge < -0.3 is 10.4 Å². The normalized spacial score (nSPS) is 10.9. The molecule has 2 nitrogen and oxygen atoms in total. The molecule has 0 bridgehead atoms. The molecule has 0 saturated heterocycles. The molecule has 16 heavy (non-hydrogen) atoms. The van der Waals surface area contributed by atoms with E-state index in [1.165, 1.54) is 0 Å². The van der Waals surface area contributed by atoms with Crippen molar-refractivity contribution >= 4 is 5.69 Å². The number of terminal acetylenes is 1. The fraction of sp³-hybridized carbons (Fsp3) is 0.429. The lowest BCUT2D eigenvalue weighted by atomic mass is 9.97. The molecule has 0 saturated carbocycles. The maximum Gasteiger partial charge on any atom is 0.0814 e. The van der Waals surface area contributed by atoms with Gasteiger partial charge in [0, 0.05) is 17.8 Å². The van der Waals surface area contributed by atoms with Crippen LogP contribution in [-0.2, 0) is 0 Å². The van der Waals surface area contributed by atoms with Gasteiger partial charge in [-0.2, -0.15) is 0 Å². The second-order valence-electron chi connectivity index (χ2n) is 4.01. The van der Waals surface area contributed by atoms with Gasteiger partial charge in [0.2, 0.25) is 0 Å². The van der Waals surface area contributed by atoms with Crippen molar-refractivity contribution in [2.45, 2.75) is 32.3 Å². The first-order valence-electron chi connectivity index (χ1n) is 5.66. The molecule has 2 heteroatoms. The second-order valence-corrected chi connectivity index (χ2v) is 4.01. The molecule has 0 spiro atoms. The summed E-state index contributed by atoms with van der Waals surface area (Å²) in [4.78, 5) is 0. The summed E-state index contributed by atoms with van der Waals surface area (Å²) < 4.78 is 0. The van der Waals surface area contributed by atoms with Gasteiger partial charge in [0.15, 0.2) is 0 Å². The molecule has 0 aromatic heterocycles. The van der Waals surface area contributed by atoms with Crippen LogP contribution in [0.3, 0.4) is 0 Å². The van der Waals surface area contributed by atoms with Crippen LogP contribution in [0.25, 0.3) is 0 Å². The first-order chi connectivity index (χ1) is 7.63. The van der Waals surface area contributed by atoms with Crippen LogP contribution in [0.15, 0.2) is 24.3 Å². The van der Waals surface area contributed by atoms with Crippen LogP contribution in [0.4, 0.5) is 5.69 Å². The van der Waals surface area contributed by atoms with Crippen LogP contribution >= 0.6 is 0 Å². The largest absolute Gasteiger partial charge is 0.388 e. The van der Waals surface area contributed by atoms with Crippen LogP contribution in [0.1, 0.15) is 32.3 Å². The second kappa shape index (κ2) is 5.58. The molecule has 0 unspecified atom stereocenters. The van der Waals surface area contributed by atoms with Gasteiger partial charge >= 0.3 is 0 Å². The lowest BCUT2D eigenvalue weighted by molar-refractivity contribution is 0.0457. The van der Waals surface area contributed by atoms with E-state index in [1.807, 2.05) is 38.1 Å². The van der Waals surface area contributed by atoms with Gasteiger partial charge in [-0.3, -0.25) is 0 Å². The Morgan fingerprint density at radius 1 is 1.38 bits per heavy atom. The third kappa shape index (κ3) is 3.29. The van der Waals surface area contributed by atoms with Gasteiger partial charge in [0.05, 0.1) is 5.60 Å². The summed E-state index contributed by atoms with van der Waals surface area (Å²) in [6.07, 6.45) is 6.81. The topological polar surface area (TPSA) is 32.3 Å². The number of hydrogen-bond acceptors (Lipinski definition) is 2. The first-order valence-corrected chi connectivity index (χ1v) is 5.66. The maximum absolute atomic E-state index is 10.1. The molecule has 0 heterocycles. The molecule has 0 aliphatic carbocycles. The summed E-state index contributed by atoms with van der Waals surface area (Å²) in [6, 6.07) is 7.66. The summed E-state index contributed by atoms with van der Waals surface area (Å²) in [5, 5.41) is 13.3. The molecule has 1 aromatic carbocycles. The predicted molar refractivity (Wildman–Crippen MR) is 68.4 cm³/mol. The monoisotopic (exact) mass is 217 g/mol. The molecule has 2 N–H and O–H groups in total. The van der Waals surface area contributed by atoms with Crippen molar-refractivity contribution in [2.24, 2.45) is 0 Å². The number of rotatable bonds is 5. The molecule has 0 fully saturated rings. The van der Waals surface area contributed by atoms with E-state index in [2.05, 4.69) is 11.2 Å². The Hall–Kier alpha value is -1.46. The lowest BCUT2D eigenvalue weighted by Gasteiger charge is -2.26. The molecule has 86 valence electrons. The third-order valence-corrected chi connectivity index (χ3v) is 2.97. The lowest BCUT2D eigenvalue weighted by Crippen LogP contribution is -2.35. The first kappa shape index (κ1) is 12.6. The molecular formula is C14H19NO. The standard InChI is InChI=1S/C14H19NO/c1-4-12-8-7-9-13(10-12)15-11-14(16,5-2)6-3/h1,7-10,15-16H,5-6,11H2,2-3H3. The fourth-order valence-electron chi connectivity index (χ4n) is 1.49. The summed E-state index contributed by atoms with van der Waals surface area (Å²) in [5.41, 5.74) is 1.17. The highest BCUT2D eigenvalue weighted by Gasteiger charge is 2.21. The Kier molecular flexibility index (Phi) is 4.39. The highest BCUT2D eigenvalue weighted by molar-refractivity contribution is 5.50. The van der Waals surface area contributed by atoms with Crippen molar-refractivity contribution in [3.8, 4) is 12.3 Å². The maximum atomic E-state index is 10.1. The number of nitrogens with one attached hydrogen (secondary N) is 1. The summed E-state index contributed by atoms with van der Waals surface area (Å²) in [7, 11) is 0. The van der Waals surface area contributed by atoms with Crippen LogP contribution in [0.5, 0.6) is 0 Å². The Morgan fingerprint density at radius 2 is 2.06 bits per heavy atom. The third-order valence-electron chi connectivity index (χ3n) is 2.97. The van der Waals surface area contributed by atoms with Crippen LogP contribution in [-0.4, -0.2) is 17.3 Å². The van der Waals surface area contributed by atoms with Crippen molar-refractivity contribution in [1.82, 2.24) is 0 Å². The van der Waals surface area contributed by atoms with Gasteiger partial charge in [0.25, 0.3) is 0 Å². The van der Waals surface area contributed by atoms with E-state index >= 15 is 0 Å². The highest BCUT2D eigenvalue weighted by Crippen LogP contribution is 2.17. The summed E-state index contributed by atoms with van der Waals surface area (Å²) in [6.45, 7) is 4.53. The zero-order chi connectivity index (χ0) is 12.0. The Bertz CT molecular complexity index is 375. The zero-order valence-electron chi connectivity index (χ0n) is 9.96. The average molecular weight is 217 g/mol. The Labute approximate surface area is 97.7 Å². The Morgan fingerprint density at radius 3 is 2.62 bits per heavy atom. The summed E-state index contributed by atoms with van der Waals surface area (Å²) >= 11 is 0. The van der Waals surface area contributed by atoms with Crippen LogP contribution in [0.2, 0.25) is 0 Å². The van der Waals surface area contributed by atoms with Gasteiger partial charge in [0.1, 0.15) is 0 Å². The molecule has 1 aromatic rings. The van der Waals surface area contributed by atoms with Crippen molar-refractivity contribution < 1.29 is 5.11 Å². The minimum Gasteiger partial charge on any atom is -0.388 e. The fourth-order valence-corrected chi connectivity index (χ4v) is 1.49. The molecule has 0 atom stereocenters. The van der Waals surface area contributed by atoms with E-state index in [-0.39, 0.29) is 0 Å². The van der Waals surface area contributed by atoms with E-state index in [1.54, 1.807) is 0 Å². The van der Waals surface area contributed by atoms with Crippen molar-refractivity contribution in [1.29, 1.82) is 0 Å². The predicted octanol–water partition coefficient (Wildman–Crippen LogP) is 2.63. The molecule has 0 radical (unpaired) electrons. The minimum atomic E-state index is -0.633. The van der Waals surface area contributed by atoms with E-state index in [0.717, 1.165) is 24.1 Å². The van der Waals surface area contributed by atoms with Gasteiger partial charge in [-0.1, -0.05) is 25.8 Å². The van der Waals surface area contributed by atoms with Crippen molar-refractivity contribution in [3.05, 3.63) is 29.8 Å². The number of hydrogen-bond donors (Lipinski definition) is 2. The SMILES string of the molecule is C#Cc1cccc(NCC(O)(CC)CC)c1.